The molecule has 1 heterocycles. The van der Waals surface area contributed by atoms with Crippen molar-refractivity contribution in [3.05, 3.63) is 23.8 Å². The smallest absolute Gasteiger partial charge is 0.220 e. The van der Waals surface area contributed by atoms with Crippen molar-refractivity contribution in [2.24, 2.45) is 5.92 Å². The number of piperidine rings is 1. The minimum atomic E-state index is 0.149. The molecule has 128 valence electrons. The third kappa shape index (κ3) is 5.75. The third-order valence-electron chi connectivity index (χ3n) is 4.45. The van der Waals surface area contributed by atoms with Crippen LogP contribution in [-0.2, 0) is 11.2 Å². The van der Waals surface area contributed by atoms with Gasteiger partial charge >= 0.3 is 0 Å². The van der Waals surface area contributed by atoms with Gasteiger partial charge in [-0.1, -0.05) is 6.07 Å². The molecule has 1 saturated heterocycles. The molecular weight excluding hydrogens is 292 g/mol. The number of rotatable bonds is 8. The Kier molecular flexibility index (Phi) is 7.20. The largest absolute Gasteiger partial charge is 0.497 e. The zero-order valence-electron chi connectivity index (χ0n) is 14.2. The molecule has 1 aromatic carbocycles. The maximum Gasteiger partial charge on any atom is 0.220 e. The lowest BCUT2D eigenvalue weighted by Crippen LogP contribution is -2.30. The number of carbonyl (C=O) groups excluding carboxylic acids is 1. The van der Waals surface area contributed by atoms with E-state index in [2.05, 4.69) is 10.6 Å². The molecule has 0 saturated carbocycles. The van der Waals surface area contributed by atoms with Crippen molar-refractivity contribution in [3.63, 3.8) is 0 Å². The Morgan fingerprint density at radius 1 is 1.26 bits per heavy atom. The summed E-state index contributed by atoms with van der Waals surface area (Å²) < 4.78 is 10.6. The normalized spacial score (nSPS) is 15.2. The van der Waals surface area contributed by atoms with Crippen LogP contribution in [0.4, 0.5) is 0 Å². The van der Waals surface area contributed by atoms with Crippen molar-refractivity contribution in [1.29, 1.82) is 0 Å². The van der Waals surface area contributed by atoms with Crippen LogP contribution in [0.5, 0.6) is 11.5 Å². The summed E-state index contributed by atoms with van der Waals surface area (Å²) in [5.74, 6) is 2.42. The maximum absolute atomic E-state index is 12.0. The van der Waals surface area contributed by atoms with Crippen LogP contribution in [0.15, 0.2) is 18.2 Å². The molecule has 0 aromatic heterocycles. The molecule has 2 rings (SSSR count). The van der Waals surface area contributed by atoms with Gasteiger partial charge in [-0.05, 0) is 56.3 Å². The fourth-order valence-corrected chi connectivity index (χ4v) is 2.99. The minimum absolute atomic E-state index is 0.149. The molecule has 23 heavy (non-hydrogen) atoms. The average Bonchev–Trinajstić information content (AvgIpc) is 2.61. The molecule has 0 bridgehead atoms. The van der Waals surface area contributed by atoms with Crippen molar-refractivity contribution in [1.82, 2.24) is 10.6 Å². The van der Waals surface area contributed by atoms with Crippen molar-refractivity contribution in [3.8, 4) is 11.5 Å². The summed E-state index contributed by atoms with van der Waals surface area (Å²) in [4.78, 5) is 12.0. The lowest BCUT2D eigenvalue weighted by atomic mass is 9.93. The summed E-state index contributed by atoms with van der Waals surface area (Å²) in [5, 5.41) is 6.36. The maximum atomic E-state index is 12.0. The molecule has 1 aliphatic rings. The van der Waals surface area contributed by atoms with Crippen LogP contribution >= 0.6 is 0 Å². The van der Waals surface area contributed by atoms with Gasteiger partial charge in [0.05, 0.1) is 14.2 Å². The zero-order valence-corrected chi connectivity index (χ0v) is 14.2. The first-order valence-electron chi connectivity index (χ1n) is 8.41. The highest BCUT2D eigenvalue weighted by molar-refractivity contribution is 5.75. The third-order valence-corrected chi connectivity index (χ3v) is 4.45. The second kappa shape index (κ2) is 9.40. The molecule has 1 aromatic rings. The van der Waals surface area contributed by atoms with Gasteiger partial charge in [-0.2, -0.15) is 0 Å². The Morgan fingerprint density at radius 2 is 2.04 bits per heavy atom. The Morgan fingerprint density at radius 3 is 2.74 bits per heavy atom. The first kappa shape index (κ1) is 17.6. The highest BCUT2D eigenvalue weighted by Crippen LogP contribution is 2.24. The summed E-state index contributed by atoms with van der Waals surface area (Å²) in [7, 11) is 3.28. The SMILES string of the molecule is COc1ccc(CCNC(=O)CCC2CCNCC2)c(OC)c1. The number of methoxy groups -OCH3 is 2. The van der Waals surface area contributed by atoms with Crippen LogP contribution in [0.3, 0.4) is 0 Å². The highest BCUT2D eigenvalue weighted by Gasteiger charge is 2.14. The van der Waals surface area contributed by atoms with Crippen molar-refractivity contribution in [2.75, 3.05) is 33.9 Å². The molecular formula is C18H28N2O3. The van der Waals surface area contributed by atoms with Gasteiger partial charge in [-0.15, -0.1) is 0 Å². The Bertz CT molecular complexity index is 499. The monoisotopic (exact) mass is 320 g/mol. The van der Waals surface area contributed by atoms with E-state index in [1.165, 1.54) is 12.8 Å². The lowest BCUT2D eigenvalue weighted by Gasteiger charge is -2.22. The van der Waals surface area contributed by atoms with Gasteiger partial charge in [-0.25, -0.2) is 0 Å². The highest BCUT2D eigenvalue weighted by atomic mass is 16.5. The number of nitrogens with one attached hydrogen (secondary N) is 2. The minimum Gasteiger partial charge on any atom is -0.497 e. The van der Waals surface area contributed by atoms with E-state index in [0.717, 1.165) is 43.0 Å². The van der Waals surface area contributed by atoms with Gasteiger partial charge in [0.15, 0.2) is 0 Å². The van der Waals surface area contributed by atoms with Crippen LogP contribution in [0, 0.1) is 5.92 Å². The topological polar surface area (TPSA) is 59.6 Å². The van der Waals surface area contributed by atoms with E-state index in [0.29, 0.717) is 18.9 Å². The number of hydrogen-bond donors (Lipinski definition) is 2. The second-order valence-corrected chi connectivity index (χ2v) is 6.01. The summed E-state index contributed by atoms with van der Waals surface area (Å²) in [6.45, 7) is 2.81. The predicted molar refractivity (Wildman–Crippen MR) is 91.1 cm³/mol. The zero-order chi connectivity index (χ0) is 16.5. The number of carbonyl (C=O) groups is 1. The summed E-state index contributed by atoms with van der Waals surface area (Å²) in [5.41, 5.74) is 1.08. The molecule has 1 fully saturated rings. The molecule has 0 atom stereocenters. The molecule has 0 unspecified atom stereocenters. The van der Waals surface area contributed by atoms with Crippen LogP contribution in [0.25, 0.3) is 0 Å². The first-order valence-corrected chi connectivity index (χ1v) is 8.41. The first-order chi connectivity index (χ1) is 11.2. The summed E-state index contributed by atoms with van der Waals surface area (Å²) in [6, 6.07) is 5.77. The molecule has 5 nitrogen and oxygen atoms in total. The molecule has 1 aliphatic heterocycles. The standard InChI is InChI=1S/C18H28N2O3/c1-22-16-5-4-15(17(13-16)23-2)9-12-20-18(21)6-3-14-7-10-19-11-8-14/h4-5,13-14,19H,3,6-12H2,1-2H3,(H,20,21). The molecule has 0 radical (unpaired) electrons. The number of benzene rings is 1. The Balaban J connectivity index is 1.70. The fourth-order valence-electron chi connectivity index (χ4n) is 2.99. The average molecular weight is 320 g/mol. The summed E-state index contributed by atoms with van der Waals surface area (Å²) in [6.07, 6.45) is 4.77. The second-order valence-electron chi connectivity index (χ2n) is 6.01. The molecule has 5 heteroatoms. The fraction of sp³-hybridized carbons (Fsp3) is 0.611. The lowest BCUT2D eigenvalue weighted by molar-refractivity contribution is -0.121. The molecule has 0 aliphatic carbocycles. The Labute approximate surface area is 138 Å². The van der Waals surface area contributed by atoms with Crippen LogP contribution < -0.4 is 20.1 Å². The van der Waals surface area contributed by atoms with Gasteiger partial charge in [0, 0.05) is 19.0 Å². The number of amides is 1. The van der Waals surface area contributed by atoms with Crippen molar-refractivity contribution in [2.45, 2.75) is 32.1 Å². The van der Waals surface area contributed by atoms with Crippen LogP contribution in [0.2, 0.25) is 0 Å². The Hall–Kier alpha value is -1.75. The molecule has 0 spiro atoms. The van der Waals surface area contributed by atoms with E-state index >= 15 is 0 Å². The van der Waals surface area contributed by atoms with Gasteiger partial charge in [0.1, 0.15) is 11.5 Å². The molecule has 1 amide bonds. The van der Waals surface area contributed by atoms with Crippen molar-refractivity contribution < 1.29 is 14.3 Å². The summed E-state index contributed by atoms with van der Waals surface area (Å²) >= 11 is 0. The van der Waals surface area contributed by atoms with Gasteiger partial charge in [-0.3, -0.25) is 4.79 Å². The van der Waals surface area contributed by atoms with Crippen molar-refractivity contribution >= 4 is 5.91 Å². The van der Waals surface area contributed by atoms with E-state index < -0.39 is 0 Å². The van der Waals surface area contributed by atoms with E-state index in [1.807, 2.05) is 18.2 Å². The number of ether oxygens (including phenoxy) is 2. The van der Waals surface area contributed by atoms with Gasteiger partial charge in [0.25, 0.3) is 0 Å². The van der Waals surface area contributed by atoms with E-state index in [1.54, 1.807) is 14.2 Å². The van der Waals surface area contributed by atoms with Gasteiger partial charge in [0.2, 0.25) is 5.91 Å². The van der Waals surface area contributed by atoms with E-state index in [-0.39, 0.29) is 5.91 Å². The number of hydrogen-bond acceptors (Lipinski definition) is 4. The van der Waals surface area contributed by atoms with E-state index in [9.17, 15) is 4.79 Å². The quantitative estimate of drug-likeness (QED) is 0.770. The predicted octanol–water partition coefficient (Wildman–Crippen LogP) is 2.14. The van der Waals surface area contributed by atoms with E-state index in [4.69, 9.17) is 9.47 Å². The van der Waals surface area contributed by atoms with Gasteiger partial charge < -0.3 is 20.1 Å². The molecule has 2 N–H and O–H groups in total. The van der Waals surface area contributed by atoms with Crippen LogP contribution in [0.1, 0.15) is 31.2 Å². The van der Waals surface area contributed by atoms with Crippen LogP contribution in [-0.4, -0.2) is 39.8 Å².